The Kier molecular flexibility index (Phi) is 2.19. The Morgan fingerprint density at radius 3 is 2.62 bits per heavy atom. The van der Waals surface area contributed by atoms with Gasteiger partial charge in [-0.3, -0.25) is 0 Å². The molecule has 1 aliphatic heterocycles. The number of hydrogen-bond acceptors (Lipinski definition) is 1. The Bertz CT molecular complexity index is 306. The van der Waals surface area contributed by atoms with Crippen LogP contribution in [0.25, 0.3) is 5.57 Å². The first-order valence-electron chi connectivity index (χ1n) is 4.62. The largest absolute Gasteiger partial charge is 0.373 e. The van der Waals surface area contributed by atoms with Gasteiger partial charge in [0.1, 0.15) is 0 Å². The van der Waals surface area contributed by atoms with E-state index in [0.717, 1.165) is 13.0 Å². The van der Waals surface area contributed by atoms with Gasteiger partial charge in [0.25, 0.3) is 0 Å². The lowest BCUT2D eigenvalue weighted by atomic mass is 10.0. The van der Waals surface area contributed by atoms with Gasteiger partial charge in [0, 0.05) is 6.42 Å². The molecule has 1 nitrogen and oxygen atoms in total. The summed E-state index contributed by atoms with van der Waals surface area (Å²) in [5, 5.41) is 0. The molecule has 1 unspecified atom stereocenters. The van der Waals surface area contributed by atoms with Gasteiger partial charge in [-0.25, -0.2) is 0 Å². The normalized spacial score (nSPS) is 19.9. The number of rotatable bonds is 3. The van der Waals surface area contributed by atoms with E-state index in [-0.39, 0.29) is 0 Å². The van der Waals surface area contributed by atoms with Crippen molar-refractivity contribution >= 4 is 5.57 Å². The van der Waals surface area contributed by atoms with Crippen LogP contribution in [0.3, 0.4) is 0 Å². The van der Waals surface area contributed by atoms with Crippen molar-refractivity contribution < 1.29 is 4.74 Å². The summed E-state index contributed by atoms with van der Waals surface area (Å²) in [5.74, 6) is 0. The van der Waals surface area contributed by atoms with E-state index in [2.05, 4.69) is 37.8 Å². The number of hydrogen-bond donors (Lipinski definition) is 0. The van der Waals surface area contributed by atoms with Crippen molar-refractivity contribution in [2.24, 2.45) is 0 Å². The minimum absolute atomic E-state index is 0.439. The standard InChI is InChI=1S/C12H14O/c1-9-3-5-11(6-4-9)10(2)7-12-8-13-12/h3-6,12H,2,7-8H2,1H3. The summed E-state index contributed by atoms with van der Waals surface area (Å²) in [4.78, 5) is 0. The van der Waals surface area contributed by atoms with Gasteiger partial charge in [-0.15, -0.1) is 0 Å². The van der Waals surface area contributed by atoms with Crippen LogP contribution >= 0.6 is 0 Å². The third kappa shape index (κ3) is 2.19. The maximum absolute atomic E-state index is 5.16. The fraction of sp³-hybridized carbons (Fsp3) is 0.333. The number of ether oxygens (including phenoxy) is 1. The van der Waals surface area contributed by atoms with Crippen LogP contribution < -0.4 is 0 Å². The molecule has 0 amide bonds. The fourth-order valence-corrected chi connectivity index (χ4v) is 1.37. The molecule has 0 aromatic heterocycles. The van der Waals surface area contributed by atoms with Crippen LogP contribution in [0.2, 0.25) is 0 Å². The van der Waals surface area contributed by atoms with E-state index >= 15 is 0 Å². The summed E-state index contributed by atoms with van der Waals surface area (Å²) in [6.45, 7) is 7.06. The molecule has 1 heteroatoms. The van der Waals surface area contributed by atoms with Crippen LogP contribution in [0, 0.1) is 6.92 Å². The molecule has 0 aliphatic carbocycles. The minimum Gasteiger partial charge on any atom is -0.373 e. The molecular formula is C12H14O. The second-order valence-corrected chi connectivity index (χ2v) is 3.63. The molecule has 0 spiro atoms. The molecule has 0 bridgehead atoms. The average molecular weight is 174 g/mol. The van der Waals surface area contributed by atoms with Crippen LogP contribution in [0.1, 0.15) is 17.5 Å². The van der Waals surface area contributed by atoms with Gasteiger partial charge < -0.3 is 4.74 Å². The fourth-order valence-electron chi connectivity index (χ4n) is 1.37. The van der Waals surface area contributed by atoms with Crippen molar-refractivity contribution in [3.63, 3.8) is 0 Å². The Labute approximate surface area is 79.0 Å². The van der Waals surface area contributed by atoms with E-state index in [1.54, 1.807) is 0 Å². The van der Waals surface area contributed by atoms with E-state index in [4.69, 9.17) is 4.74 Å². The Morgan fingerprint density at radius 2 is 2.08 bits per heavy atom. The molecule has 1 atom stereocenters. The maximum atomic E-state index is 5.16. The van der Waals surface area contributed by atoms with Crippen LogP contribution in [-0.4, -0.2) is 12.7 Å². The van der Waals surface area contributed by atoms with Gasteiger partial charge >= 0.3 is 0 Å². The zero-order valence-corrected chi connectivity index (χ0v) is 7.92. The molecule has 0 saturated carbocycles. The number of benzene rings is 1. The van der Waals surface area contributed by atoms with Crippen molar-refractivity contribution in [2.45, 2.75) is 19.4 Å². The van der Waals surface area contributed by atoms with Crippen molar-refractivity contribution in [1.29, 1.82) is 0 Å². The highest BCUT2D eigenvalue weighted by atomic mass is 16.6. The summed E-state index contributed by atoms with van der Waals surface area (Å²) in [6.07, 6.45) is 1.41. The zero-order valence-electron chi connectivity index (χ0n) is 7.92. The zero-order chi connectivity index (χ0) is 9.26. The monoisotopic (exact) mass is 174 g/mol. The van der Waals surface area contributed by atoms with Gasteiger partial charge in [-0.1, -0.05) is 36.4 Å². The Morgan fingerprint density at radius 1 is 1.46 bits per heavy atom. The van der Waals surface area contributed by atoms with Crippen molar-refractivity contribution in [3.05, 3.63) is 42.0 Å². The van der Waals surface area contributed by atoms with Gasteiger partial charge in [0.2, 0.25) is 0 Å². The van der Waals surface area contributed by atoms with Crippen molar-refractivity contribution in [2.75, 3.05) is 6.61 Å². The average Bonchev–Trinajstić information content (AvgIpc) is 2.89. The Balaban J connectivity index is 2.05. The van der Waals surface area contributed by atoms with Crippen molar-refractivity contribution in [1.82, 2.24) is 0 Å². The van der Waals surface area contributed by atoms with Crippen LogP contribution in [0.5, 0.6) is 0 Å². The highest BCUT2D eigenvalue weighted by Gasteiger charge is 2.23. The second-order valence-electron chi connectivity index (χ2n) is 3.63. The minimum atomic E-state index is 0.439. The first kappa shape index (κ1) is 8.52. The lowest BCUT2D eigenvalue weighted by Crippen LogP contribution is -1.89. The maximum Gasteiger partial charge on any atom is 0.0850 e. The topological polar surface area (TPSA) is 12.5 Å². The smallest absolute Gasteiger partial charge is 0.0850 e. The predicted octanol–water partition coefficient (Wildman–Crippen LogP) is 2.80. The number of epoxide rings is 1. The van der Waals surface area contributed by atoms with Crippen molar-refractivity contribution in [3.8, 4) is 0 Å². The second kappa shape index (κ2) is 3.35. The molecule has 0 radical (unpaired) electrons. The quantitative estimate of drug-likeness (QED) is 0.642. The van der Waals surface area contributed by atoms with Gasteiger partial charge in [0.05, 0.1) is 12.7 Å². The first-order valence-corrected chi connectivity index (χ1v) is 4.62. The van der Waals surface area contributed by atoms with Crippen LogP contribution in [-0.2, 0) is 4.74 Å². The van der Waals surface area contributed by atoms with E-state index in [9.17, 15) is 0 Å². The molecule has 1 fully saturated rings. The number of aryl methyl sites for hydroxylation is 1. The molecule has 1 saturated heterocycles. The van der Waals surface area contributed by atoms with Gasteiger partial charge in [-0.05, 0) is 18.1 Å². The summed E-state index contributed by atoms with van der Waals surface area (Å²) < 4.78 is 5.16. The molecule has 1 aliphatic rings. The summed E-state index contributed by atoms with van der Waals surface area (Å²) in [6, 6.07) is 8.49. The Hall–Kier alpha value is -1.08. The first-order chi connectivity index (χ1) is 6.25. The molecular weight excluding hydrogens is 160 g/mol. The van der Waals surface area contributed by atoms with E-state index in [1.165, 1.54) is 16.7 Å². The highest BCUT2D eigenvalue weighted by Crippen LogP contribution is 2.24. The highest BCUT2D eigenvalue weighted by molar-refractivity contribution is 5.64. The van der Waals surface area contributed by atoms with Crippen LogP contribution in [0.15, 0.2) is 30.8 Å². The lowest BCUT2D eigenvalue weighted by molar-refractivity contribution is 0.412. The molecule has 1 aromatic carbocycles. The molecule has 0 N–H and O–H groups in total. The molecule has 2 rings (SSSR count). The molecule has 1 heterocycles. The van der Waals surface area contributed by atoms with Gasteiger partial charge in [-0.2, -0.15) is 0 Å². The lowest BCUT2D eigenvalue weighted by Gasteiger charge is -2.03. The van der Waals surface area contributed by atoms with Gasteiger partial charge in [0.15, 0.2) is 0 Å². The molecule has 1 aromatic rings. The molecule has 13 heavy (non-hydrogen) atoms. The summed E-state index contributed by atoms with van der Waals surface area (Å²) in [5.41, 5.74) is 3.71. The van der Waals surface area contributed by atoms with E-state index in [0.29, 0.717) is 6.10 Å². The van der Waals surface area contributed by atoms with E-state index in [1.807, 2.05) is 0 Å². The summed E-state index contributed by atoms with van der Waals surface area (Å²) in [7, 11) is 0. The predicted molar refractivity (Wildman–Crippen MR) is 54.6 cm³/mol. The third-order valence-corrected chi connectivity index (χ3v) is 2.34. The van der Waals surface area contributed by atoms with Crippen LogP contribution in [0.4, 0.5) is 0 Å². The molecule has 68 valence electrons. The SMILES string of the molecule is C=C(CC1CO1)c1ccc(C)cc1. The summed E-state index contributed by atoms with van der Waals surface area (Å²) >= 11 is 0. The third-order valence-electron chi connectivity index (χ3n) is 2.34. The van der Waals surface area contributed by atoms with E-state index < -0.39 is 0 Å².